The van der Waals surface area contributed by atoms with Gasteiger partial charge in [0, 0.05) is 23.8 Å². The van der Waals surface area contributed by atoms with Crippen LogP contribution in [0.15, 0.2) is 51.2 Å². The summed E-state index contributed by atoms with van der Waals surface area (Å²) in [7, 11) is 1.39. The Hall–Kier alpha value is -3.45. The zero-order chi connectivity index (χ0) is 22.9. The highest BCUT2D eigenvalue weighted by Crippen LogP contribution is 2.39. The molecule has 164 valence electrons. The molecule has 1 unspecified atom stereocenters. The summed E-state index contributed by atoms with van der Waals surface area (Å²) in [4.78, 5) is 13.3. The van der Waals surface area contributed by atoms with E-state index in [-0.39, 0.29) is 45.6 Å². The molecule has 0 amide bonds. The van der Waals surface area contributed by atoms with Gasteiger partial charge in [0.25, 0.3) is 0 Å². The van der Waals surface area contributed by atoms with E-state index in [9.17, 15) is 25.2 Å². The Morgan fingerprint density at radius 3 is 2.45 bits per heavy atom. The lowest BCUT2D eigenvalue weighted by atomic mass is 9.98. The molecule has 7 heteroatoms. The van der Waals surface area contributed by atoms with Gasteiger partial charge in [0.1, 0.15) is 28.1 Å². The van der Waals surface area contributed by atoms with Crippen LogP contribution < -0.4 is 10.2 Å². The van der Waals surface area contributed by atoms with E-state index in [0.717, 1.165) is 11.6 Å². The van der Waals surface area contributed by atoms with Crippen LogP contribution in [0.4, 0.5) is 0 Å². The van der Waals surface area contributed by atoms with E-state index in [1.165, 1.54) is 19.2 Å². The molecule has 0 saturated carbocycles. The second kappa shape index (κ2) is 8.73. The van der Waals surface area contributed by atoms with Gasteiger partial charge in [-0.25, -0.2) is 0 Å². The van der Waals surface area contributed by atoms with Crippen molar-refractivity contribution in [3.63, 3.8) is 0 Å². The van der Waals surface area contributed by atoms with Crippen molar-refractivity contribution >= 4 is 21.9 Å². The van der Waals surface area contributed by atoms with Gasteiger partial charge in [-0.1, -0.05) is 23.8 Å². The van der Waals surface area contributed by atoms with E-state index < -0.39 is 17.3 Å². The molecule has 3 rings (SSSR count). The number of fused-ring (bicyclic) bond motifs is 2. The van der Waals surface area contributed by atoms with Gasteiger partial charge >= 0.3 is 0 Å². The van der Waals surface area contributed by atoms with Gasteiger partial charge in [-0.3, -0.25) is 4.79 Å². The Morgan fingerprint density at radius 2 is 1.81 bits per heavy atom. The van der Waals surface area contributed by atoms with Gasteiger partial charge in [-0.05, 0) is 33.1 Å². The molecule has 31 heavy (non-hydrogen) atoms. The molecule has 0 fully saturated rings. The smallest absolute Gasteiger partial charge is 0.204 e. The highest BCUT2D eigenvalue weighted by atomic mass is 16.5. The van der Waals surface area contributed by atoms with Crippen molar-refractivity contribution in [1.29, 1.82) is 0 Å². The number of phenols is 3. The normalized spacial score (nSPS) is 13.0. The van der Waals surface area contributed by atoms with E-state index >= 15 is 0 Å². The first-order valence-electron chi connectivity index (χ1n) is 9.84. The second-order valence-electron chi connectivity index (χ2n) is 7.71. The van der Waals surface area contributed by atoms with Crippen molar-refractivity contribution in [2.45, 2.75) is 39.2 Å². The molecule has 3 aromatic rings. The standard InChI is InChI=1S/C24H26O7/c1-12(2)16(26)8-6-13(3)5-7-15-21-20(11-18(28)24(15)30-4)31-19-10-14(25)9-17(27)22(19)23(21)29/h5,9-11,16,25-28H,1,6-8H2,2-4H3/b13-5+. The monoisotopic (exact) mass is 426 g/mol. The van der Waals surface area contributed by atoms with Gasteiger partial charge in [0.2, 0.25) is 5.43 Å². The van der Waals surface area contributed by atoms with Crippen molar-refractivity contribution in [1.82, 2.24) is 0 Å². The summed E-state index contributed by atoms with van der Waals surface area (Å²) in [5.74, 6) is -0.700. The average Bonchev–Trinajstić information content (AvgIpc) is 2.68. The number of ether oxygens (including phenoxy) is 1. The number of aliphatic hydroxyl groups excluding tert-OH is 1. The first-order chi connectivity index (χ1) is 14.6. The third-order valence-corrected chi connectivity index (χ3v) is 5.30. The lowest BCUT2D eigenvalue weighted by molar-refractivity contribution is 0.201. The van der Waals surface area contributed by atoms with Crippen LogP contribution in [0, 0.1) is 0 Å². The van der Waals surface area contributed by atoms with Crippen LogP contribution in [0.25, 0.3) is 21.9 Å². The van der Waals surface area contributed by atoms with Crippen LogP contribution >= 0.6 is 0 Å². The fourth-order valence-corrected chi connectivity index (χ4v) is 3.56. The summed E-state index contributed by atoms with van der Waals surface area (Å²) in [5.41, 5.74) is 1.72. The van der Waals surface area contributed by atoms with Gasteiger partial charge in [-0.2, -0.15) is 0 Å². The van der Waals surface area contributed by atoms with Crippen molar-refractivity contribution in [2.75, 3.05) is 7.11 Å². The largest absolute Gasteiger partial charge is 0.508 e. The number of hydrogen-bond donors (Lipinski definition) is 4. The minimum Gasteiger partial charge on any atom is -0.508 e. The zero-order valence-electron chi connectivity index (χ0n) is 17.7. The average molecular weight is 426 g/mol. The molecule has 1 aromatic heterocycles. The predicted molar refractivity (Wildman–Crippen MR) is 119 cm³/mol. The third-order valence-electron chi connectivity index (χ3n) is 5.30. The summed E-state index contributed by atoms with van der Waals surface area (Å²) >= 11 is 0. The molecule has 0 spiro atoms. The van der Waals surface area contributed by atoms with E-state index in [2.05, 4.69) is 6.58 Å². The van der Waals surface area contributed by atoms with E-state index in [4.69, 9.17) is 9.15 Å². The lowest BCUT2D eigenvalue weighted by Gasteiger charge is -2.14. The van der Waals surface area contributed by atoms with Crippen molar-refractivity contribution in [3.8, 4) is 23.0 Å². The Kier molecular flexibility index (Phi) is 6.27. The number of benzene rings is 2. The molecule has 1 atom stereocenters. The highest BCUT2D eigenvalue weighted by molar-refractivity contribution is 5.96. The molecule has 0 aliphatic heterocycles. The van der Waals surface area contributed by atoms with E-state index in [1.807, 2.05) is 13.0 Å². The maximum absolute atomic E-state index is 13.3. The predicted octanol–water partition coefficient (Wildman–Crippen LogP) is 4.28. The van der Waals surface area contributed by atoms with Crippen LogP contribution in [-0.2, 0) is 6.42 Å². The number of aliphatic hydroxyl groups is 1. The van der Waals surface area contributed by atoms with E-state index in [1.54, 1.807) is 6.92 Å². The Labute approximate surface area is 179 Å². The number of hydrogen-bond acceptors (Lipinski definition) is 7. The first-order valence-corrected chi connectivity index (χ1v) is 9.84. The third kappa shape index (κ3) is 4.36. The van der Waals surface area contributed by atoms with Crippen LogP contribution in [0.1, 0.15) is 32.3 Å². The van der Waals surface area contributed by atoms with Gasteiger partial charge < -0.3 is 29.6 Å². The van der Waals surface area contributed by atoms with Crippen molar-refractivity contribution in [3.05, 3.63) is 57.8 Å². The highest BCUT2D eigenvalue weighted by Gasteiger charge is 2.21. The van der Waals surface area contributed by atoms with Gasteiger partial charge in [0.05, 0.1) is 18.6 Å². The maximum atomic E-state index is 13.3. The van der Waals surface area contributed by atoms with Crippen LogP contribution in [0.3, 0.4) is 0 Å². The first kappa shape index (κ1) is 22.2. The van der Waals surface area contributed by atoms with Crippen LogP contribution in [0.2, 0.25) is 0 Å². The number of rotatable bonds is 7. The number of aromatic hydroxyl groups is 3. The number of allylic oxidation sites excluding steroid dienone is 2. The molecule has 4 N–H and O–H groups in total. The summed E-state index contributed by atoms with van der Waals surface area (Å²) in [6.45, 7) is 7.43. The fourth-order valence-electron chi connectivity index (χ4n) is 3.56. The maximum Gasteiger partial charge on any atom is 0.204 e. The Balaban J connectivity index is 2.15. The topological polar surface area (TPSA) is 120 Å². The minimum absolute atomic E-state index is 0.00558. The van der Waals surface area contributed by atoms with Crippen LogP contribution in [-0.4, -0.2) is 33.6 Å². The Morgan fingerprint density at radius 1 is 1.13 bits per heavy atom. The Bertz CT molecular complexity index is 1250. The zero-order valence-corrected chi connectivity index (χ0v) is 17.7. The second-order valence-corrected chi connectivity index (χ2v) is 7.71. The molecule has 1 heterocycles. The quantitative estimate of drug-likeness (QED) is 0.329. The summed E-state index contributed by atoms with van der Waals surface area (Å²) in [5, 5.41) is 40.4. The van der Waals surface area contributed by atoms with Gasteiger partial charge in [-0.15, -0.1) is 0 Å². The number of phenolic OH excluding ortho intramolecular Hbond substituents is 3. The lowest BCUT2D eigenvalue weighted by Crippen LogP contribution is -2.08. The van der Waals surface area contributed by atoms with E-state index in [0.29, 0.717) is 24.0 Å². The molecule has 2 aromatic carbocycles. The molecule has 0 radical (unpaired) electrons. The molecule has 0 saturated heterocycles. The minimum atomic E-state index is -0.586. The molecule has 7 nitrogen and oxygen atoms in total. The molecule has 0 aliphatic rings. The van der Waals surface area contributed by atoms with Crippen molar-refractivity contribution in [2.24, 2.45) is 0 Å². The fraction of sp³-hybridized carbons (Fsp3) is 0.292. The van der Waals surface area contributed by atoms with Gasteiger partial charge in [0.15, 0.2) is 11.5 Å². The number of methoxy groups -OCH3 is 1. The summed E-state index contributed by atoms with van der Waals surface area (Å²) < 4.78 is 11.1. The summed E-state index contributed by atoms with van der Waals surface area (Å²) in [6, 6.07) is 3.58. The molecular weight excluding hydrogens is 400 g/mol. The molecule has 0 bridgehead atoms. The summed E-state index contributed by atoms with van der Waals surface area (Å²) in [6.07, 6.45) is 2.72. The van der Waals surface area contributed by atoms with Crippen LogP contribution in [0.5, 0.6) is 23.0 Å². The SMILES string of the molecule is C=C(C)C(O)CC/C(C)=C/Cc1c(OC)c(O)cc2oc3cc(O)cc(O)c3c(=O)c12. The molecule has 0 aliphatic carbocycles. The van der Waals surface area contributed by atoms with Crippen molar-refractivity contribution < 1.29 is 29.6 Å². The molecular formula is C24H26O7.